The molecule has 1 heterocycles. The van der Waals surface area contributed by atoms with Gasteiger partial charge in [-0.25, -0.2) is 0 Å². The minimum absolute atomic E-state index is 0.337. The lowest BCUT2D eigenvalue weighted by molar-refractivity contribution is 0.0160. The van der Waals surface area contributed by atoms with Crippen molar-refractivity contribution in [3.63, 3.8) is 0 Å². The second kappa shape index (κ2) is 6.72. The second-order valence-corrected chi connectivity index (χ2v) is 6.27. The highest BCUT2D eigenvalue weighted by Gasteiger charge is 2.23. The van der Waals surface area contributed by atoms with Gasteiger partial charge in [-0.05, 0) is 42.7 Å². The molecule has 18 heavy (non-hydrogen) atoms. The largest absolute Gasteiger partial charge is 0.377 e. The summed E-state index contributed by atoms with van der Waals surface area (Å²) < 4.78 is 5.85. The molecule has 0 aliphatic carbocycles. The standard InChI is InChI=1S/C16H23BrO/c1-3-12(2)13-7-9-14(10-8-13)16(17)15-6-4-5-11-18-15/h7-10,12,15-16H,3-6,11H2,1-2H3. The van der Waals surface area contributed by atoms with E-state index in [1.54, 1.807) is 0 Å². The van der Waals surface area contributed by atoms with Crippen LogP contribution in [0, 0.1) is 0 Å². The Morgan fingerprint density at radius 3 is 2.44 bits per heavy atom. The van der Waals surface area contributed by atoms with E-state index in [4.69, 9.17) is 4.74 Å². The first kappa shape index (κ1) is 14.1. The van der Waals surface area contributed by atoms with Gasteiger partial charge in [-0.2, -0.15) is 0 Å². The van der Waals surface area contributed by atoms with Crippen LogP contribution in [-0.4, -0.2) is 12.7 Å². The van der Waals surface area contributed by atoms with Gasteiger partial charge in [0, 0.05) is 6.61 Å². The van der Waals surface area contributed by atoms with Gasteiger partial charge in [-0.15, -0.1) is 0 Å². The van der Waals surface area contributed by atoms with Crippen molar-refractivity contribution < 1.29 is 4.74 Å². The monoisotopic (exact) mass is 310 g/mol. The molecule has 0 amide bonds. The van der Waals surface area contributed by atoms with E-state index in [1.807, 2.05) is 0 Å². The highest BCUT2D eigenvalue weighted by atomic mass is 79.9. The average Bonchev–Trinajstić information content (AvgIpc) is 2.47. The van der Waals surface area contributed by atoms with Gasteiger partial charge in [0.25, 0.3) is 0 Å². The zero-order valence-corrected chi connectivity index (χ0v) is 12.9. The van der Waals surface area contributed by atoms with E-state index < -0.39 is 0 Å². The summed E-state index contributed by atoms with van der Waals surface area (Å²) in [4.78, 5) is 0.337. The molecule has 1 aromatic carbocycles. The molecule has 3 atom stereocenters. The van der Waals surface area contributed by atoms with Gasteiger partial charge in [0.1, 0.15) is 0 Å². The predicted molar refractivity (Wildman–Crippen MR) is 80.4 cm³/mol. The van der Waals surface area contributed by atoms with Crippen LogP contribution >= 0.6 is 15.9 Å². The van der Waals surface area contributed by atoms with Gasteiger partial charge < -0.3 is 4.74 Å². The van der Waals surface area contributed by atoms with Crippen LogP contribution in [-0.2, 0) is 4.74 Å². The Balaban J connectivity index is 2.03. The van der Waals surface area contributed by atoms with E-state index in [0.717, 1.165) is 6.61 Å². The van der Waals surface area contributed by atoms with Crippen molar-refractivity contribution in [3.8, 4) is 0 Å². The van der Waals surface area contributed by atoms with Crippen LogP contribution in [0.1, 0.15) is 61.4 Å². The van der Waals surface area contributed by atoms with E-state index in [2.05, 4.69) is 54.0 Å². The van der Waals surface area contributed by atoms with Crippen LogP contribution in [0.25, 0.3) is 0 Å². The molecule has 1 fully saturated rings. The highest BCUT2D eigenvalue weighted by molar-refractivity contribution is 9.09. The van der Waals surface area contributed by atoms with Crippen LogP contribution in [0.3, 0.4) is 0 Å². The average molecular weight is 311 g/mol. The van der Waals surface area contributed by atoms with Gasteiger partial charge in [-0.3, -0.25) is 0 Å². The lowest BCUT2D eigenvalue weighted by atomic mass is 9.95. The highest BCUT2D eigenvalue weighted by Crippen LogP contribution is 2.34. The molecule has 3 unspecified atom stereocenters. The Labute approximate surface area is 119 Å². The number of halogens is 1. The fourth-order valence-corrected chi connectivity index (χ4v) is 3.18. The third-order valence-electron chi connectivity index (χ3n) is 3.98. The molecule has 2 rings (SSSR count). The molecule has 0 aromatic heterocycles. The molecule has 100 valence electrons. The summed E-state index contributed by atoms with van der Waals surface area (Å²) in [7, 11) is 0. The van der Waals surface area contributed by atoms with Gasteiger partial charge in [0.15, 0.2) is 0 Å². The predicted octanol–water partition coefficient (Wildman–Crippen LogP) is 5.21. The summed E-state index contributed by atoms with van der Waals surface area (Å²) >= 11 is 3.80. The molecule has 0 bridgehead atoms. The van der Waals surface area contributed by atoms with Crippen molar-refractivity contribution in [1.82, 2.24) is 0 Å². The van der Waals surface area contributed by atoms with Gasteiger partial charge in [0.2, 0.25) is 0 Å². The number of hydrogen-bond acceptors (Lipinski definition) is 1. The first-order valence-corrected chi connectivity index (χ1v) is 7.99. The maximum atomic E-state index is 5.85. The molecule has 0 N–H and O–H groups in total. The minimum Gasteiger partial charge on any atom is -0.377 e. The number of rotatable bonds is 4. The minimum atomic E-state index is 0.337. The normalized spacial score (nSPS) is 23.6. The van der Waals surface area contributed by atoms with Crippen LogP contribution < -0.4 is 0 Å². The van der Waals surface area contributed by atoms with E-state index in [9.17, 15) is 0 Å². The maximum absolute atomic E-state index is 5.85. The molecule has 2 heteroatoms. The summed E-state index contributed by atoms with van der Waals surface area (Å²) in [5.41, 5.74) is 2.78. The van der Waals surface area contributed by atoms with Crippen molar-refractivity contribution in [2.45, 2.75) is 56.4 Å². The number of hydrogen-bond donors (Lipinski definition) is 0. The van der Waals surface area contributed by atoms with Gasteiger partial charge in [0.05, 0.1) is 10.9 Å². The zero-order valence-electron chi connectivity index (χ0n) is 11.4. The Bertz CT molecular complexity index is 354. The summed E-state index contributed by atoms with van der Waals surface area (Å²) in [6.45, 7) is 5.43. The fourth-order valence-electron chi connectivity index (χ4n) is 2.46. The van der Waals surface area contributed by atoms with Crippen molar-refractivity contribution in [3.05, 3.63) is 35.4 Å². The number of ether oxygens (including phenoxy) is 1. The van der Waals surface area contributed by atoms with Gasteiger partial charge in [-0.1, -0.05) is 54.0 Å². The molecule has 1 aliphatic rings. The van der Waals surface area contributed by atoms with Crippen molar-refractivity contribution in [2.24, 2.45) is 0 Å². The molecule has 1 nitrogen and oxygen atoms in total. The van der Waals surface area contributed by atoms with Crippen molar-refractivity contribution in [2.75, 3.05) is 6.61 Å². The van der Waals surface area contributed by atoms with Crippen LogP contribution in [0.2, 0.25) is 0 Å². The second-order valence-electron chi connectivity index (χ2n) is 5.28. The maximum Gasteiger partial charge on any atom is 0.0740 e. The first-order chi connectivity index (χ1) is 8.72. The van der Waals surface area contributed by atoms with Gasteiger partial charge >= 0.3 is 0 Å². The molecule has 1 aromatic rings. The molecule has 0 saturated carbocycles. The van der Waals surface area contributed by atoms with Crippen molar-refractivity contribution >= 4 is 15.9 Å². The molecular formula is C16H23BrO. The molecule has 0 radical (unpaired) electrons. The third kappa shape index (κ3) is 3.36. The topological polar surface area (TPSA) is 9.23 Å². The lowest BCUT2D eigenvalue weighted by Crippen LogP contribution is -2.23. The third-order valence-corrected chi connectivity index (χ3v) is 5.10. The van der Waals surface area contributed by atoms with Crippen LogP contribution in [0.4, 0.5) is 0 Å². The van der Waals surface area contributed by atoms with Crippen molar-refractivity contribution in [1.29, 1.82) is 0 Å². The van der Waals surface area contributed by atoms with E-state index in [1.165, 1.54) is 36.8 Å². The quantitative estimate of drug-likeness (QED) is 0.694. The first-order valence-electron chi connectivity index (χ1n) is 7.08. The fraction of sp³-hybridized carbons (Fsp3) is 0.625. The Morgan fingerprint density at radius 2 is 1.89 bits per heavy atom. The van der Waals surface area contributed by atoms with E-state index >= 15 is 0 Å². The molecule has 0 spiro atoms. The zero-order chi connectivity index (χ0) is 13.0. The van der Waals surface area contributed by atoms with E-state index in [0.29, 0.717) is 16.8 Å². The van der Waals surface area contributed by atoms with Crippen LogP contribution in [0.15, 0.2) is 24.3 Å². The molecular weight excluding hydrogens is 288 g/mol. The number of benzene rings is 1. The summed E-state index contributed by atoms with van der Waals surface area (Å²) in [6, 6.07) is 9.03. The Hall–Kier alpha value is -0.340. The molecule has 1 saturated heterocycles. The SMILES string of the molecule is CCC(C)c1ccc(C(Br)C2CCCCO2)cc1. The smallest absolute Gasteiger partial charge is 0.0740 e. The summed E-state index contributed by atoms with van der Waals surface area (Å²) in [6.07, 6.45) is 5.21. The van der Waals surface area contributed by atoms with E-state index in [-0.39, 0.29) is 0 Å². The summed E-state index contributed by atoms with van der Waals surface area (Å²) in [5, 5.41) is 0. The van der Waals surface area contributed by atoms with Crippen LogP contribution in [0.5, 0.6) is 0 Å². The number of alkyl halides is 1. The Kier molecular flexibility index (Phi) is 5.25. The Morgan fingerprint density at radius 1 is 1.22 bits per heavy atom. The lowest BCUT2D eigenvalue weighted by Gasteiger charge is -2.27. The molecule has 1 aliphatic heterocycles. The summed E-state index contributed by atoms with van der Waals surface area (Å²) in [5.74, 6) is 0.652.